The molecule has 178 valence electrons. The van der Waals surface area contributed by atoms with Crippen LogP contribution in [-0.2, 0) is 19.8 Å². The topological polar surface area (TPSA) is 17.0 Å². The van der Waals surface area contributed by atoms with E-state index in [1.165, 1.54) is 6.07 Å². The van der Waals surface area contributed by atoms with Crippen molar-refractivity contribution in [3.05, 3.63) is 89.2 Å². The van der Waals surface area contributed by atoms with Crippen LogP contribution in [0.1, 0.15) is 36.0 Å². The molecule has 0 saturated heterocycles. The molecular weight excluding hydrogens is 465 g/mol. The van der Waals surface area contributed by atoms with E-state index < -0.39 is 24.0 Å². The van der Waals surface area contributed by atoms with Gasteiger partial charge >= 0.3 is 0 Å². The van der Waals surface area contributed by atoms with E-state index >= 15 is 4.39 Å². The molecule has 0 saturated carbocycles. The van der Waals surface area contributed by atoms with Crippen molar-refractivity contribution in [2.24, 2.45) is 12.5 Å². The maximum absolute atomic E-state index is 15.7. The number of hydrogen-bond donors (Lipinski definition) is 0. The van der Waals surface area contributed by atoms with E-state index in [0.29, 0.717) is 22.3 Å². The Labute approximate surface area is 219 Å². The predicted octanol–water partition coefficient (Wildman–Crippen LogP) is 8.53. The van der Waals surface area contributed by atoms with Gasteiger partial charge in [-0.05, 0) is 65.5 Å². The lowest BCUT2D eigenvalue weighted by Crippen LogP contribution is -2.28. The number of nitrogens with zero attached hydrogens (tertiary/aromatic N) is 1. The van der Waals surface area contributed by atoms with Crippen LogP contribution in [0.5, 0.6) is 0 Å². The molecule has 0 bridgehead atoms. The molecule has 6 aromatic rings. The van der Waals surface area contributed by atoms with Crippen molar-refractivity contribution in [1.29, 1.82) is 0 Å². The first-order chi connectivity index (χ1) is 18.9. The fourth-order valence-corrected chi connectivity index (χ4v) is 6.71. The van der Waals surface area contributed by atoms with Crippen LogP contribution in [0.2, 0.25) is 0 Å². The Hall–Kier alpha value is -3.50. The van der Waals surface area contributed by atoms with E-state index in [1.54, 1.807) is 49.4 Å². The largest absolute Gasteiger partial charge is 0.454 e. The Bertz CT molecular complexity index is 2040. The summed E-state index contributed by atoms with van der Waals surface area (Å²) in [5.74, 6) is -0.474. The molecule has 1 aliphatic rings. The first kappa shape index (κ1) is 17.9. The van der Waals surface area contributed by atoms with Gasteiger partial charge in [-0.3, -0.25) is 0 Å². The van der Waals surface area contributed by atoms with Gasteiger partial charge in [-0.2, -0.15) is 4.57 Å². The van der Waals surface area contributed by atoms with Gasteiger partial charge in [-0.15, -0.1) is 0 Å². The summed E-state index contributed by atoms with van der Waals surface area (Å²) < 4.78 is 60.5. The minimum absolute atomic E-state index is 0.251. The van der Waals surface area contributed by atoms with Crippen molar-refractivity contribution in [2.45, 2.75) is 33.5 Å². The zero-order chi connectivity index (χ0) is 28.4. The summed E-state index contributed by atoms with van der Waals surface area (Å²) in [5, 5.41) is 2.69. The van der Waals surface area contributed by atoms with Crippen LogP contribution in [0.3, 0.4) is 0 Å². The van der Waals surface area contributed by atoms with Crippen molar-refractivity contribution < 1.29 is 18.9 Å². The van der Waals surface area contributed by atoms with Gasteiger partial charge in [0.25, 0.3) is 5.01 Å². The van der Waals surface area contributed by atoms with E-state index in [1.807, 2.05) is 32.2 Å². The first-order valence-electron chi connectivity index (χ1n) is 14.0. The Morgan fingerprint density at radius 2 is 1.64 bits per heavy atom. The summed E-state index contributed by atoms with van der Waals surface area (Å²) in [6.07, 6.45) is -3.82. The summed E-state index contributed by atoms with van der Waals surface area (Å²) >= 11 is 1.68. The molecule has 2 heterocycles. The summed E-state index contributed by atoms with van der Waals surface area (Å²) in [6.45, 7) is 5.25. The van der Waals surface area contributed by atoms with Gasteiger partial charge in [0.15, 0.2) is 5.58 Å². The fourth-order valence-electron chi connectivity index (χ4n) is 5.45. The molecule has 4 aromatic carbocycles. The lowest BCUT2D eigenvalue weighted by Gasteiger charge is -2.14. The molecule has 0 aliphatic heterocycles. The molecule has 2 aromatic heterocycles. The van der Waals surface area contributed by atoms with E-state index in [4.69, 9.17) is 9.90 Å². The van der Waals surface area contributed by atoms with E-state index in [2.05, 4.69) is 22.8 Å². The number of thiazole rings is 1. The number of rotatable bonds is 2. The lowest BCUT2D eigenvalue weighted by molar-refractivity contribution is -0.629. The molecule has 0 spiro atoms. The molecule has 0 amide bonds. The van der Waals surface area contributed by atoms with Crippen LogP contribution in [0.4, 0.5) is 4.39 Å². The Kier molecular flexibility index (Phi) is 3.72. The van der Waals surface area contributed by atoms with E-state index in [-0.39, 0.29) is 11.1 Å². The fraction of sp³-hybridized carbons (Fsp3) is 0.219. The average Bonchev–Trinajstić information content (AvgIpc) is 3.48. The van der Waals surface area contributed by atoms with E-state index in [9.17, 15) is 0 Å². The second-order valence-electron chi connectivity index (χ2n) is 10.1. The van der Waals surface area contributed by atoms with Crippen molar-refractivity contribution in [1.82, 2.24) is 0 Å². The summed E-state index contributed by atoms with van der Waals surface area (Å²) in [5.41, 5.74) is 4.18. The Morgan fingerprint density at radius 3 is 2.44 bits per heavy atom. The van der Waals surface area contributed by atoms with Gasteiger partial charge in [0.05, 0.1) is 5.56 Å². The number of hydrogen-bond acceptors (Lipinski definition) is 2. The van der Waals surface area contributed by atoms with Crippen molar-refractivity contribution >= 4 is 43.5 Å². The number of benzene rings is 4. The molecule has 36 heavy (non-hydrogen) atoms. The smallest absolute Gasteiger partial charge is 0.273 e. The average molecular weight is 497 g/mol. The third-order valence-electron chi connectivity index (χ3n) is 7.12. The monoisotopic (exact) mass is 496 g/mol. The molecular formula is C32H27FNOS+. The molecule has 0 unspecified atom stereocenters. The van der Waals surface area contributed by atoms with Crippen LogP contribution in [0, 0.1) is 18.2 Å². The summed E-state index contributed by atoms with van der Waals surface area (Å²) in [4.78, 5) is 0. The highest BCUT2D eigenvalue weighted by atomic mass is 32.1. The molecule has 0 radical (unpaired) electrons. The van der Waals surface area contributed by atoms with E-state index in [0.717, 1.165) is 37.1 Å². The molecule has 0 atom stereocenters. The van der Waals surface area contributed by atoms with Gasteiger partial charge in [0, 0.05) is 22.3 Å². The molecule has 1 aliphatic carbocycles. The third-order valence-corrected chi connectivity index (χ3v) is 8.36. The van der Waals surface area contributed by atoms with Gasteiger partial charge < -0.3 is 4.42 Å². The van der Waals surface area contributed by atoms with Crippen LogP contribution < -0.4 is 4.57 Å². The highest BCUT2D eigenvalue weighted by molar-refractivity contribution is 7.21. The van der Waals surface area contributed by atoms with Crippen LogP contribution in [-0.4, -0.2) is 0 Å². The second-order valence-corrected chi connectivity index (χ2v) is 11.1. The second kappa shape index (κ2) is 7.50. The van der Waals surface area contributed by atoms with Crippen molar-refractivity contribution in [2.75, 3.05) is 0 Å². The van der Waals surface area contributed by atoms with Gasteiger partial charge in [-0.25, -0.2) is 4.39 Å². The van der Waals surface area contributed by atoms with Crippen LogP contribution in [0.25, 0.3) is 53.9 Å². The Balaban J connectivity index is 1.51. The quantitative estimate of drug-likeness (QED) is 0.220. The van der Waals surface area contributed by atoms with Crippen molar-refractivity contribution in [3.63, 3.8) is 0 Å². The summed E-state index contributed by atoms with van der Waals surface area (Å²) in [7, 11) is 2.04. The maximum Gasteiger partial charge on any atom is 0.273 e. The minimum Gasteiger partial charge on any atom is -0.454 e. The van der Waals surface area contributed by atoms with Crippen molar-refractivity contribution in [3.8, 4) is 21.7 Å². The molecule has 0 fully saturated rings. The first-order valence-corrected chi connectivity index (χ1v) is 12.9. The number of aryl methyl sites for hydroxylation is 2. The number of aromatic nitrogens is 1. The molecule has 4 heteroatoms. The number of halogens is 1. The zero-order valence-corrected chi connectivity index (χ0v) is 21.3. The SMILES string of the molecule is [2H]C1([2H])c2ccc(-c3c(F)ccc4c3oc3c(-c5sc6ccccc6[n+]5C)c(C)ccc34)cc2C([2H])([2H])C1(C)C. The molecule has 7 rings (SSSR count). The standard InChI is InChI=1S/C32H27FNOS/c1-18-9-12-22-23-13-14-24(33)28(19-10-11-20-16-32(2,3)17-21(20)15-19)30(23)35-29(22)27(18)31-34(4)25-7-5-6-8-26(25)36-31/h5-15H,16-17H2,1-4H3/q+1/i16D2,17D2. The zero-order valence-electron chi connectivity index (χ0n) is 24.5. The lowest BCUT2D eigenvalue weighted by atomic mass is 9.90. The third kappa shape index (κ3) is 3.10. The van der Waals surface area contributed by atoms with Crippen LogP contribution >= 0.6 is 11.3 Å². The molecule has 2 nitrogen and oxygen atoms in total. The predicted molar refractivity (Wildman–Crippen MR) is 147 cm³/mol. The van der Waals surface area contributed by atoms with Gasteiger partial charge in [0.2, 0.25) is 5.52 Å². The minimum atomic E-state index is -1.94. The summed E-state index contributed by atoms with van der Waals surface area (Å²) in [6, 6.07) is 20.4. The number of fused-ring (bicyclic) bond motifs is 5. The number of furan rings is 1. The maximum atomic E-state index is 15.7. The highest BCUT2D eigenvalue weighted by Gasteiger charge is 2.30. The Morgan fingerprint density at radius 1 is 0.917 bits per heavy atom. The van der Waals surface area contributed by atoms with Gasteiger partial charge in [-0.1, -0.05) is 67.6 Å². The highest BCUT2D eigenvalue weighted by Crippen LogP contribution is 2.44. The van der Waals surface area contributed by atoms with Gasteiger partial charge in [0.1, 0.15) is 28.7 Å². The molecule has 0 N–H and O–H groups in total. The van der Waals surface area contributed by atoms with Crippen LogP contribution in [0.15, 0.2) is 71.1 Å². The normalized spacial score (nSPS) is 19.2. The number of para-hydroxylation sites is 1.